The van der Waals surface area contributed by atoms with Gasteiger partial charge in [0.1, 0.15) is 5.75 Å². The fraction of sp³-hybridized carbons (Fsp3) is 0.500. The first-order valence-electron chi connectivity index (χ1n) is 5.09. The topological polar surface area (TPSA) is 35.2 Å². The monoisotopic (exact) mass is 225 g/mol. The zero-order chi connectivity index (χ0) is 11.2. The SMILES string of the molecule is COc1cc(Cl)c2c(c1)C(N)CC2(C)C. The van der Waals surface area contributed by atoms with Gasteiger partial charge in [0.05, 0.1) is 7.11 Å². The molecule has 0 aromatic heterocycles. The summed E-state index contributed by atoms with van der Waals surface area (Å²) in [5.74, 6) is 0.784. The molecule has 2 rings (SSSR count). The van der Waals surface area contributed by atoms with Crippen LogP contribution in [0.5, 0.6) is 5.75 Å². The molecule has 3 heteroatoms. The van der Waals surface area contributed by atoms with Gasteiger partial charge in [-0.2, -0.15) is 0 Å². The Hall–Kier alpha value is -0.730. The first-order chi connectivity index (χ1) is 6.95. The molecule has 0 bridgehead atoms. The molecule has 0 heterocycles. The van der Waals surface area contributed by atoms with Crippen molar-refractivity contribution in [2.45, 2.75) is 31.7 Å². The quantitative estimate of drug-likeness (QED) is 0.798. The van der Waals surface area contributed by atoms with E-state index < -0.39 is 0 Å². The largest absolute Gasteiger partial charge is 0.497 e. The average Bonchev–Trinajstić information content (AvgIpc) is 2.37. The maximum atomic E-state index is 6.27. The molecule has 1 unspecified atom stereocenters. The molecule has 0 saturated heterocycles. The molecular formula is C12H16ClNO. The van der Waals surface area contributed by atoms with Gasteiger partial charge in [-0.1, -0.05) is 25.4 Å². The molecule has 0 radical (unpaired) electrons. The maximum Gasteiger partial charge on any atom is 0.120 e. The summed E-state index contributed by atoms with van der Waals surface area (Å²) < 4.78 is 5.20. The van der Waals surface area contributed by atoms with Gasteiger partial charge < -0.3 is 10.5 Å². The fourth-order valence-corrected chi connectivity index (χ4v) is 2.96. The molecule has 0 fully saturated rings. The van der Waals surface area contributed by atoms with Crippen LogP contribution in [0.3, 0.4) is 0 Å². The van der Waals surface area contributed by atoms with Crippen molar-refractivity contribution in [3.8, 4) is 5.75 Å². The Balaban J connectivity index is 2.63. The van der Waals surface area contributed by atoms with Crippen molar-refractivity contribution in [3.63, 3.8) is 0 Å². The third-order valence-electron chi connectivity index (χ3n) is 3.14. The number of halogens is 1. The maximum absolute atomic E-state index is 6.27. The lowest BCUT2D eigenvalue weighted by atomic mass is 9.86. The van der Waals surface area contributed by atoms with E-state index in [1.54, 1.807) is 7.11 Å². The van der Waals surface area contributed by atoms with Gasteiger partial charge in [-0.3, -0.25) is 0 Å². The minimum atomic E-state index is 0.0676. The summed E-state index contributed by atoms with van der Waals surface area (Å²) >= 11 is 6.27. The summed E-state index contributed by atoms with van der Waals surface area (Å²) in [6.45, 7) is 4.36. The molecule has 1 aliphatic rings. The van der Waals surface area contributed by atoms with Crippen molar-refractivity contribution >= 4 is 11.6 Å². The highest BCUT2D eigenvalue weighted by Crippen LogP contribution is 2.48. The van der Waals surface area contributed by atoms with Gasteiger partial charge in [0.15, 0.2) is 0 Å². The molecule has 1 aromatic rings. The summed E-state index contributed by atoms with van der Waals surface area (Å²) in [7, 11) is 1.64. The Morgan fingerprint density at radius 1 is 1.47 bits per heavy atom. The molecule has 0 amide bonds. The fourth-order valence-electron chi connectivity index (χ4n) is 2.49. The molecule has 15 heavy (non-hydrogen) atoms. The van der Waals surface area contributed by atoms with Crippen LogP contribution in [0, 0.1) is 0 Å². The number of rotatable bonds is 1. The second-order valence-electron chi connectivity index (χ2n) is 4.77. The first kappa shape index (κ1) is 10.8. The molecule has 0 spiro atoms. The molecule has 2 N–H and O–H groups in total. The van der Waals surface area contributed by atoms with Crippen LogP contribution in [-0.4, -0.2) is 7.11 Å². The Kier molecular flexibility index (Phi) is 2.44. The van der Waals surface area contributed by atoms with E-state index in [1.165, 1.54) is 5.56 Å². The summed E-state index contributed by atoms with van der Waals surface area (Å²) in [6.07, 6.45) is 0.940. The van der Waals surface area contributed by atoms with Crippen LogP contribution in [-0.2, 0) is 5.41 Å². The van der Waals surface area contributed by atoms with Crippen LogP contribution in [0.25, 0.3) is 0 Å². The van der Waals surface area contributed by atoms with Crippen molar-refractivity contribution in [2.75, 3.05) is 7.11 Å². The summed E-state index contributed by atoms with van der Waals surface area (Å²) in [4.78, 5) is 0. The van der Waals surface area contributed by atoms with Gasteiger partial charge in [-0.15, -0.1) is 0 Å². The number of hydrogen-bond acceptors (Lipinski definition) is 2. The zero-order valence-corrected chi connectivity index (χ0v) is 10.1. The van der Waals surface area contributed by atoms with E-state index in [1.807, 2.05) is 12.1 Å². The number of methoxy groups -OCH3 is 1. The van der Waals surface area contributed by atoms with E-state index in [2.05, 4.69) is 13.8 Å². The zero-order valence-electron chi connectivity index (χ0n) is 9.30. The van der Waals surface area contributed by atoms with Crippen molar-refractivity contribution in [1.29, 1.82) is 0 Å². The van der Waals surface area contributed by atoms with Gasteiger partial charge in [0, 0.05) is 11.1 Å². The normalized spacial score (nSPS) is 22.6. The molecular weight excluding hydrogens is 210 g/mol. The van der Waals surface area contributed by atoms with Crippen molar-refractivity contribution in [2.24, 2.45) is 5.73 Å². The summed E-state index contributed by atoms with van der Waals surface area (Å²) in [6, 6.07) is 3.93. The smallest absolute Gasteiger partial charge is 0.120 e. The Bertz CT molecular complexity index is 401. The number of benzene rings is 1. The van der Waals surface area contributed by atoms with Gasteiger partial charge in [-0.05, 0) is 35.1 Å². The summed E-state index contributed by atoms with van der Waals surface area (Å²) in [5.41, 5.74) is 8.48. The molecule has 0 saturated carbocycles. The lowest BCUT2D eigenvalue weighted by Crippen LogP contribution is -2.14. The minimum Gasteiger partial charge on any atom is -0.497 e. The first-order valence-corrected chi connectivity index (χ1v) is 5.47. The van der Waals surface area contributed by atoms with E-state index >= 15 is 0 Å². The Labute approximate surface area is 95.4 Å². The predicted octanol–water partition coefficient (Wildman–Crippen LogP) is 3.03. The highest BCUT2D eigenvalue weighted by atomic mass is 35.5. The molecule has 0 aliphatic heterocycles. The van der Waals surface area contributed by atoms with Gasteiger partial charge in [0.2, 0.25) is 0 Å². The van der Waals surface area contributed by atoms with Crippen LogP contribution >= 0.6 is 11.6 Å². The average molecular weight is 226 g/mol. The molecule has 2 nitrogen and oxygen atoms in total. The lowest BCUT2D eigenvalue weighted by Gasteiger charge is -2.20. The number of fused-ring (bicyclic) bond motifs is 1. The van der Waals surface area contributed by atoms with Crippen molar-refractivity contribution < 1.29 is 4.74 Å². The third kappa shape index (κ3) is 1.62. The molecule has 1 atom stereocenters. The highest BCUT2D eigenvalue weighted by molar-refractivity contribution is 6.31. The van der Waals surface area contributed by atoms with E-state index in [0.717, 1.165) is 22.8 Å². The van der Waals surface area contributed by atoms with Crippen LogP contribution in [0.2, 0.25) is 5.02 Å². The van der Waals surface area contributed by atoms with E-state index in [0.29, 0.717) is 0 Å². The van der Waals surface area contributed by atoms with Gasteiger partial charge in [0.25, 0.3) is 0 Å². The van der Waals surface area contributed by atoms with Crippen molar-refractivity contribution in [1.82, 2.24) is 0 Å². The number of hydrogen-bond donors (Lipinski definition) is 1. The van der Waals surface area contributed by atoms with Crippen molar-refractivity contribution in [3.05, 3.63) is 28.3 Å². The lowest BCUT2D eigenvalue weighted by molar-refractivity contribution is 0.414. The second kappa shape index (κ2) is 3.39. The van der Waals surface area contributed by atoms with Crippen LogP contribution in [0.4, 0.5) is 0 Å². The predicted molar refractivity (Wildman–Crippen MR) is 62.6 cm³/mol. The Morgan fingerprint density at radius 2 is 2.13 bits per heavy atom. The Morgan fingerprint density at radius 3 is 2.73 bits per heavy atom. The molecule has 1 aromatic carbocycles. The van der Waals surface area contributed by atoms with Gasteiger partial charge >= 0.3 is 0 Å². The molecule has 82 valence electrons. The van der Waals surface area contributed by atoms with E-state index in [9.17, 15) is 0 Å². The van der Waals surface area contributed by atoms with Crippen LogP contribution in [0.15, 0.2) is 12.1 Å². The minimum absolute atomic E-state index is 0.0676. The summed E-state index contributed by atoms with van der Waals surface area (Å²) in [5, 5.41) is 0.766. The van der Waals surface area contributed by atoms with Crippen LogP contribution in [0.1, 0.15) is 37.4 Å². The number of ether oxygens (including phenoxy) is 1. The van der Waals surface area contributed by atoms with Gasteiger partial charge in [-0.25, -0.2) is 0 Å². The van der Waals surface area contributed by atoms with E-state index in [4.69, 9.17) is 22.1 Å². The number of nitrogens with two attached hydrogens (primary N) is 1. The highest BCUT2D eigenvalue weighted by Gasteiger charge is 2.37. The standard InChI is InChI=1S/C12H16ClNO/c1-12(2)6-10(14)8-4-7(15-3)5-9(13)11(8)12/h4-5,10H,6,14H2,1-3H3. The molecule has 1 aliphatic carbocycles. The second-order valence-corrected chi connectivity index (χ2v) is 5.18. The third-order valence-corrected chi connectivity index (χ3v) is 3.43. The van der Waals surface area contributed by atoms with Crippen LogP contribution < -0.4 is 10.5 Å². The van der Waals surface area contributed by atoms with E-state index in [-0.39, 0.29) is 11.5 Å².